The summed E-state index contributed by atoms with van der Waals surface area (Å²) in [7, 11) is 0. The van der Waals surface area contributed by atoms with Crippen LogP contribution in [-0.2, 0) is 0 Å². The number of hydrogen-bond donors (Lipinski definition) is 4. The zero-order valence-electron chi connectivity index (χ0n) is 22.9. The van der Waals surface area contributed by atoms with E-state index >= 15 is 0 Å². The summed E-state index contributed by atoms with van der Waals surface area (Å²) in [5.74, 6) is 0. The van der Waals surface area contributed by atoms with Gasteiger partial charge >= 0.3 is 0 Å². The van der Waals surface area contributed by atoms with E-state index in [1.54, 1.807) is 72.1 Å². The van der Waals surface area contributed by atoms with Crippen LogP contribution < -0.4 is 22.1 Å². The molecule has 0 aliphatic rings. The van der Waals surface area contributed by atoms with Crippen LogP contribution in [-0.4, -0.2) is 33.7 Å². The van der Waals surface area contributed by atoms with Gasteiger partial charge in [-0.25, -0.2) is 15.0 Å². The molecular weight excluding hydrogens is 634 g/mol. The Bertz CT molecular complexity index is 1440. The van der Waals surface area contributed by atoms with Crippen LogP contribution in [0.2, 0.25) is 0 Å². The molecule has 0 bridgehead atoms. The van der Waals surface area contributed by atoms with Crippen molar-refractivity contribution in [1.82, 2.24) is 15.0 Å². The summed E-state index contributed by atoms with van der Waals surface area (Å²) >= 11 is 8.26. The lowest BCUT2D eigenvalue weighted by Crippen LogP contribution is -1.97. The van der Waals surface area contributed by atoms with E-state index in [9.17, 15) is 0 Å². The molecule has 6 N–H and O–H groups in total. The number of nitrogens with one attached hydrogen (secondary N) is 2. The molecule has 0 spiro atoms. The van der Waals surface area contributed by atoms with E-state index in [0.717, 1.165) is 42.3 Å². The molecule has 5 aromatic rings. The molecule has 0 aliphatic heterocycles. The molecule has 0 atom stereocenters. The predicted molar refractivity (Wildman–Crippen MR) is 184 cm³/mol. The van der Waals surface area contributed by atoms with Crippen molar-refractivity contribution in [3.05, 3.63) is 108 Å². The fraction of sp³-hybridized carbons (Fsp3) is 0.100. The van der Waals surface area contributed by atoms with Gasteiger partial charge in [-0.3, -0.25) is 0 Å². The molecule has 2 aromatic carbocycles. The van der Waals surface area contributed by atoms with E-state index in [0.29, 0.717) is 11.4 Å². The van der Waals surface area contributed by atoms with Crippen LogP contribution in [0, 0.1) is 0 Å². The van der Waals surface area contributed by atoms with E-state index in [-0.39, 0.29) is 0 Å². The molecule has 0 amide bonds. The minimum atomic E-state index is 0.713. The Morgan fingerprint density at radius 2 is 1.00 bits per heavy atom. The maximum absolute atomic E-state index is 5.38. The number of nitrogens with two attached hydrogens (primary N) is 2. The Labute approximate surface area is 262 Å². The molecule has 0 unspecified atom stereocenters. The number of nitrogen functional groups attached to an aromatic ring is 2. The molecule has 7 nitrogen and oxygen atoms in total. The molecule has 0 radical (unpaired) electrons. The van der Waals surface area contributed by atoms with Crippen molar-refractivity contribution in [2.75, 3.05) is 40.9 Å². The fourth-order valence-corrected chi connectivity index (χ4v) is 5.54. The Morgan fingerprint density at radius 1 is 0.561 bits per heavy atom. The third-order valence-electron chi connectivity index (χ3n) is 5.18. The summed E-state index contributed by atoms with van der Waals surface area (Å²) < 4.78 is 1.07. The first-order chi connectivity index (χ1) is 19.9. The van der Waals surface area contributed by atoms with Gasteiger partial charge in [0, 0.05) is 45.8 Å². The van der Waals surface area contributed by atoms with Crippen LogP contribution in [0.15, 0.2) is 123 Å². The molecule has 0 aliphatic carbocycles. The van der Waals surface area contributed by atoms with Gasteiger partial charge < -0.3 is 22.1 Å². The largest absolute Gasteiger partial charge is 0.399 e. The van der Waals surface area contributed by atoms with Crippen LogP contribution in [0.1, 0.15) is 0 Å². The summed E-state index contributed by atoms with van der Waals surface area (Å²) in [5.41, 5.74) is 16.2. The van der Waals surface area contributed by atoms with Gasteiger partial charge in [-0.05, 0) is 107 Å². The first-order valence-electron chi connectivity index (χ1n) is 12.3. The maximum Gasteiger partial charge on any atom is 0.119 e. The highest BCUT2D eigenvalue weighted by Gasteiger charge is 2.05. The second-order valence-electron chi connectivity index (χ2n) is 8.12. The number of nitrogens with zero attached hydrogens (tertiary/aromatic N) is 3. The standard InChI is InChI=1S/C18H18N4S2.C6H6BrNS.C6H8N2/c1-23-17-15(8-4-10-19-17)21-13-6-3-7-14(12-13)22-16-9-5-11-20-18(16)24-2;1-9-6-5(7)3-2-4-8-6;7-5-2-1-3-6(8)4-5/h3-12,21-22H,1-2H3;2-4H,1H3;1-4H,7-8H2. The highest BCUT2D eigenvalue weighted by Crippen LogP contribution is 2.29. The van der Waals surface area contributed by atoms with Gasteiger partial charge in [-0.15, -0.1) is 35.3 Å². The molecule has 212 valence electrons. The van der Waals surface area contributed by atoms with Crippen LogP contribution in [0.25, 0.3) is 0 Å². The molecule has 0 saturated carbocycles. The zero-order chi connectivity index (χ0) is 29.5. The Kier molecular flexibility index (Phi) is 13.7. The summed E-state index contributed by atoms with van der Waals surface area (Å²) in [6.07, 6.45) is 11.5. The first-order valence-corrected chi connectivity index (χ1v) is 16.8. The predicted octanol–water partition coefficient (Wildman–Crippen LogP) is 8.82. The zero-order valence-corrected chi connectivity index (χ0v) is 26.9. The summed E-state index contributed by atoms with van der Waals surface area (Å²) in [6, 6.07) is 27.2. The van der Waals surface area contributed by atoms with Gasteiger partial charge in [-0.2, -0.15) is 0 Å². The lowest BCUT2D eigenvalue weighted by Gasteiger charge is -2.13. The highest BCUT2D eigenvalue weighted by molar-refractivity contribution is 9.10. The summed E-state index contributed by atoms with van der Waals surface area (Å²) in [6.45, 7) is 0. The molecular formula is C30H32BrN7S3. The molecule has 0 saturated heterocycles. The number of aromatic nitrogens is 3. The third kappa shape index (κ3) is 10.8. The van der Waals surface area contributed by atoms with Crippen molar-refractivity contribution >= 4 is 85.3 Å². The molecule has 3 aromatic heterocycles. The quantitative estimate of drug-likeness (QED) is 0.0992. The van der Waals surface area contributed by atoms with E-state index in [1.807, 2.05) is 79.4 Å². The number of rotatable bonds is 7. The molecule has 5 rings (SSSR count). The number of halogens is 1. The van der Waals surface area contributed by atoms with Crippen LogP contribution in [0.5, 0.6) is 0 Å². The Balaban J connectivity index is 0.000000221. The van der Waals surface area contributed by atoms with Gasteiger partial charge in [0.1, 0.15) is 15.1 Å². The van der Waals surface area contributed by atoms with Gasteiger partial charge in [0.05, 0.1) is 11.4 Å². The minimum Gasteiger partial charge on any atom is -0.399 e. The lowest BCUT2D eigenvalue weighted by molar-refractivity contribution is 1.11. The van der Waals surface area contributed by atoms with Gasteiger partial charge in [0.15, 0.2) is 0 Å². The SMILES string of the molecule is CSc1ncccc1Br.CSc1ncccc1Nc1cccc(Nc2cccnc2SC)c1.Nc1cccc(N)c1. The van der Waals surface area contributed by atoms with E-state index in [4.69, 9.17) is 11.5 Å². The first kappa shape index (κ1) is 32.1. The highest BCUT2D eigenvalue weighted by atomic mass is 79.9. The van der Waals surface area contributed by atoms with Crippen molar-refractivity contribution in [3.63, 3.8) is 0 Å². The van der Waals surface area contributed by atoms with Crippen molar-refractivity contribution in [3.8, 4) is 0 Å². The van der Waals surface area contributed by atoms with E-state index in [2.05, 4.69) is 47.6 Å². The number of thioether (sulfide) groups is 3. The summed E-state index contributed by atoms with van der Waals surface area (Å²) in [5, 5.41) is 9.87. The number of pyridine rings is 3. The molecule has 3 heterocycles. The van der Waals surface area contributed by atoms with Crippen molar-refractivity contribution in [2.45, 2.75) is 15.1 Å². The van der Waals surface area contributed by atoms with Crippen LogP contribution in [0.3, 0.4) is 0 Å². The summed E-state index contributed by atoms with van der Waals surface area (Å²) in [4.78, 5) is 12.9. The monoisotopic (exact) mass is 665 g/mol. The Morgan fingerprint density at radius 3 is 1.39 bits per heavy atom. The van der Waals surface area contributed by atoms with Gasteiger partial charge in [0.25, 0.3) is 0 Å². The molecule has 0 fully saturated rings. The average molecular weight is 667 g/mol. The number of anilines is 6. The topological polar surface area (TPSA) is 115 Å². The normalized spacial score (nSPS) is 9.95. The average Bonchev–Trinajstić information content (AvgIpc) is 2.99. The fourth-order valence-electron chi connectivity index (χ4n) is 3.36. The van der Waals surface area contributed by atoms with E-state index < -0.39 is 0 Å². The molecule has 41 heavy (non-hydrogen) atoms. The van der Waals surface area contributed by atoms with Gasteiger partial charge in [-0.1, -0.05) is 12.1 Å². The lowest BCUT2D eigenvalue weighted by atomic mass is 10.2. The van der Waals surface area contributed by atoms with E-state index in [1.165, 1.54) is 0 Å². The minimum absolute atomic E-state index is 0.713. The number of hydrogen-bond acceptors (Lipinski definition) is 10. The van der Waals surface area contributed by atoms with Crippen molar-refractivity contribution < 1.29 is 0 Å². The second kappa shape index (κ2) is 17.4. The van der Waals surface area contributed by atoms with Crippen molar-refractivity contribution in [1.29, 1.82) is 0 Å². The van der Waals surface area contributed by atoms with Crippen LogP contribution in [0.4, 0.5) is 34.1 Å². The van der Waals surface area contributed by atoms with Crippen LogP contribution >= 0.6 is 51.2 Å². The number of benzene rings is 2. The van der Waals surface area contributed by atoms with Gasteiger partial charge in [0.2, 0.25) is 0 Å². The molecule has 11 heteroatoms. The maximum atomic E-state index is 5.38. The third-order valence-corrected chi connectivity index (χ3v) is 8.22. The van der Waals surface area contributed by atoms with Crippen molar-refractivity contribution in [2.24, 2.45) is 0 Å². The second-order valence-corrected chi connectivity index (χ2v) is 11.4. The Hall–Kier alpha value is -3.38. The smallest absolute Gasteiger partial charge is 0.119 e.